The number of aromatic nitrogens is 1. The Morgan fingerprint density at radius 2 is 1.79 bits per heavy atom. The largest absolute Gasteiger partial charge is 0.486 e. The van der Waals surface area contributed by atoms with E-state index in [1.807, 2.05) is 24.5 Å². The Morgan fingerprint density at radius 1 is 0.979 bits per heavy atom. The maximum absolute atomic E-state index is 14.1. The number of hydrogen-bond donors (Lipinski definition) is 2. The fraction of sp³-hybridized carbons (Fsp3) is 0.472. The molecule has 2 aliphatic carbocycles. The van der Waals surface area contributed by atoms with Gasteiger partial charge < -0.3 is 24.3 Å². The molecule has 2 N–H and O–H groups in total. The second-order valence-corrected chi connectivity index (χ2v) is 16.4. The molecule has 4 unspecified atom stereocenters. The molecule has 5 aliphatic rings. The Kier molecular flexibility index (Phi) is 7.17. The molecule has 48 heavy (non-hydrogen) atoms. The Morgan fingerprint density at radius 3 is 2.56 bits per heavy atom. The Labute approximate surface area is 279 Å². The van der Waals surface area contributed by atoms with Crippen molar-refractivity contribution in [1.82, 2.24) is 4.57 Å². The van der Waals surface area contributed by atoms with Gasteiger partial charge in [-0.25, -0.2) is 8.42 Å². The van der Waals surface area contributed by atoms with Crippen LogP contribution in [0.5, 0.6) is 11.5 Å². The molecule has 252 valence electrons. The highest BCUT2D eigenvalue weighted by atomic mass is 32.2. The summed E-state index contributed by atoms with van der Waals surface area (Å²) in [6, 6.07) is 15.6. The summed E-state index contributed by atoms with van der Waals surface area (Å²) in [6.07, 6.45) is 2.77. The lowest BCUT2D eigenvalue weighted by atomic mass is 9.70. The van der Waals surface area contributed by atoms with Crippen LogP contribution < -0.4 is 30.0 Å². The number of carbonyl (C=O) groups excluding carboxylic acids is 2. The van der Waals surface area contributed by atoms with E-state index in [-0.39, 0.29) is 40.4 Å². The number of piperidine rings is 1. The number of hydrogen-bond acceptors (Lipinski definition) is 8. The number of anilines is 3. The Balaban J connectivity index is 1.12. The van der Waals surface area contributed by atoms with Crippen LogP contribution in [0, 0.1) is 22.7 Å². The van der Waals surface area contributed by atoms with Gasteiger partial charge in [-0.3, -0.25) is 19.1 Å². The molecular formula is C36H40N4O7S. The highest BCUT2D eigenvalue weighted by Crippen LogP contribution is 2.64. The maximum Gasteiger partial charge on any atom is 0.255 e. The van der Waals surface area contributed by atoms with Crippen LogP contribution in [0.15, 0.2) is 59.4 Å². The van der Waals surface area contributed by atoms with Gasteiger partial charge in [-0.05, 0) is 72.9 Å². The van der Waals surface area contributed by atoms with Crippen molar-refractivity contribution in [3.8, 4) is 11.5 Å². The van der Waals surface area contributed by atoms with Crippen molar-refractivity contribution in [2.45, 2.75) is 52.0 Å². The van der Waals surface area contributed by atoms with E-state index in [4.69, 9.17) is 9.47 Å². The number of nitrogens with one attached hydrogen (secondary N) is 2. The first-order chi connectivity index (χ1) is 22.9. The van der Waals surface area contributed by atoms with Gasteiger partial charge in [0.25, 0.3) is 11.5 Å². The number of sulfonamides is 1. The summed E-state index contributed by atoms with van der Waals surface area (Å²) in [6.45, 7) is 6.74. The smallest absolute Gasteiger partial charge is 0.255 e. The first-order valence-corrected chi connectivity index (χ1v) is 18.4. The molecule has 12 heteroatoms. The summed E-state index contributed by atoms with van der Waals surface area (Å²) in [5.41, 5.74) is 1.38. The molecule has 2 saturated carbocycles. The molecular weight excluding hydrogens is 632 g/mol. The Bertz CT molecular complexity index is 2010. The molecule has 4 atom stereocenters. The standard InChI is InChI=1S/C36H40N4O7S/c1-35(2)25-10-11-36(35,32(41)16-25)21-48(44,45)38-27-15-23(34(43)37-26-7-9-30-31(17-26)47-13-12-46-30)6-8-29(27)39-18-22-14-24(20-39)28-4-3-5-33(42)40(28)19-22/h3-9,15,17,22,24-25,38H,10-14,16,18-21H2,1-2H3,(H,37,43). The lowest BCUT2D eigenvalue weighted by Gasteiger charge is -2.44. The van der Waals surface area contributed by atoms with Crippen LogP contribution in [0.3, 0.4) is 0 Å². The third kappa shape index (κ3) is 5.07. The quantitative estimate of drug-likeness (QED) is 0.371. The van der Waals surface area contributed by atoms with E-state index in [9.17, 15) is 22.8 Å². The summed E-state index contributed by atoms with van der Waals surface area (Å²) in [5.74, 6) is 0.955. The van der Waals surface area contributed by atoms with E-state index in [1.54, 1.807) is 48.5 Å². The van der Waals surface area contributed by atoms with Gasteiger partial charge in [-0.2, -0.15) is 0 Å². The first-order valence-electron chi connectivity index (χ1n) is 16.8. The van der Waals surface area contributed by atoms with E-state index >= 15 is 0 Å². The maximum atomic E-state index is 14.1. The van der Waals surface area contributed by atoms with Crippen molar-refractivity contribution < 1.29 is 27.5 Å². The molecule has 3 aliphatic heterocycles. The number of pyridine rings is 1. The van der Waals surface area contributed by atoms with Gasteiger partial charge >= 0.3 is 0 Å². The second kappa shape index (κ2) is 11.1. The van der Waals surface area contributed by atoms with Gasteiger partial charge in [0.05, 0.1) is 22.5 Å². The summed E-state index contributed by atoms with van der Waals surface area (Å²) in [4.78, 5) is 41.6. The minimum absolute atomic E-state index is 0.00427. The van der Waals surface area contributed by atoms with Crippen molar-refractivity contribution in [1.29, 1.82) is 0 Å². The van der Waals surface area contributed by atoms with E-state index in [0.717, 1.165) is 18.5 Å². The number of ether oxygens (including phenoxy) is 2. The molecule has 3 fully saturated rings. The number of amides is 1. The lowest BCUT2D eigenvalue weighted by Crippen LogP contribution is -2.47. The third-order valence-electron chi connectivity index (χ3n) is 11.7. The number of carbonyl (C=O) groups is 2. The van der Waals surface area contributed by atoms with Crippen LogP contribution in [-0.2, 0) is 21.4 Å². The van der Waals surface area contributed by atoms with Gasteiger partial charge in [-0.1, -0.05) is 19.9 Å². The van der Waals surface area contributed by atoms with Crippen molar-refractivity contribution in [3.63, 3.8) is 0 Å². The second-order valence-electron chi connectivity index (χ2n) is 14.7. The average Bonchev–Trinajstić information content (AvgIpc) is 3.39. The van der Waals surface area contributed by atoms with Gasteiger partial charge in [0, 0.05) is 61.1 Å². The number of fused-ring (bicyclic) bond motifs is 7. The first kappa shape index (κ1) is 31.0. The molecule has 0 spiro atoms. The minimum atomic E-state index is -4.02. The normalized spacial score (nSPS) is 26.6. The minimum Gasteiger partial charge on any atom is -0.486 e. The summed E-state index contributed by atoms with van der Waals surface area (Å²) >= 11 is 0. The zero-order valence-electron chi connectivity index (χ0n) is 27.2. The van der Waals surface area contributed by atoms with Gasteiger partial charge in [0.15, 0.2) is 11.5 Å². The van der Waals surface area contributed by atoms with E-state index < -0.39 is 26.8 Å². The molecule has 3 aromatic rings. The monoisotopic (exact) mass is 672 g/mol. The number of ketones is 1. The zero-order chi connectivity index (χ0) is 33.4. The molecule has 4 bridgehead atoms. The number of benzene rings is 2. The van der Waals surface area contributed by atoms with Crippen molar-refractivity contribution in [3.05, 3.63) is 76.2 Å². The molecule has 2 aromatic carbocycles. The van der Waals surface area contributed by atoms with Crippen LogP contribution in [0.4, 0.5) is 17.1 Å². The molecule has 11 nitrogen and oxygen atoms in total. The Hall–Kier alpha value is -4.32. The fourth-order valence-electron chi connectivity index (χ4n) is 9.09. The number of nitrogens with zero attached hydrogens (tertiary/aromatic N) is 2. The summed E-state index contributed by atoms with van der Waals surface area (Å²) < 4.78 is 44.1. The van der Waals surface area contributed by atoms with Crippen LogP contribution in [-0.4, -0.2) is 56.7 Å². The molecule has 8 rings (SSSR count). The van der Waals surface area contributed by atoms with Crippen LogP contribution >= 0.6 is 0 Å². The van der Waals surface area contributed by atoms with Gasteiger partial charge in [0.1, 0.15) is 19.0 Å². The highest BCUT2D eigenvalue weighted by Gasteiger charge is 2.65. The predicted molar refractivity (Wildman–Crippen MR) is 182 cm³/mol. The van der Waals surface area contributed by atoms with E-state index in [0.29, 0.717) is 74.3 Å². The van der Waals surface area contributed by atoms with Crippen LogP contribution in [0.25, 0.3) is 0 Å². The average molecular weight is 673 g/mol. The van der Waals surface area contributed by atoms with E-state index in [1.165, 1.54) is 0 Å². The molecule has 1 saturated heterocycles. The van der Waals surface area contributed by atoms with E-state index in [2.05, 4.69) is 14.9 Å². The molecule has 0 radical (unpaired) electrons. The zero-order valence-corrected chi connectivity index (χ0v) is 28.0. The van der Waals surface area contributed by atoms with Crippen LogP contribution in [0.1, 0.15) is 61.5 Å². The van der Waals surface area contributed by atoms with Gasteiger partial charge in [-0.15, -0.1) is 0 Å². The predicted octanol–water partition coefficient (Wildman–Crippen LogP) is 4.63. The van der Waals surface area contributed by atoms with Crippen LogP contribution in [0.2, 0.25) is 0 Å². The molecule has 1 amide bonds. The summed E-state index contributed by atoms with van der Waals surface area (Å²) in [7, 11) is -4.02. The van der Waals surface area contributed by atoms with Crippen molar-refractivity contribution >= 4 is 38.8 Å². The molecule has 1 aromatic heterocycles. The third-order valence-corrected chi connectivity index (χ3v) is 13.1. The topological polar surface area (TPSA) is 136 Å². The SMILES string of the molecule is CC1(C)C2CCC1(CS(=O)(=O)Nc1cc(C(=O)Nc3ccc4c(c3)OCCO4)ccc1N1CC3CC(C1)c1cccc(=O)n1C3)C(=O)C2. The number of Topliss-reactive ketones (excluding diaryl/α,β-unsaturated/α-hetero) is 1. The fourth-order valence-corrected chi connectivity index (χ4v) is 11.0. The highest BCUT2D eigenvalue weighted by molar-refractivity contribution is 7.92. The van der Waals surface area contributed by atoms with Crippen molar-refractivity contribution in [2.75, 3.05) is 47.0 Å². The van der Waals surface area contributed by atoms with Gasteiger partial charge in [0.2, 0.25) is 10.0 Å². The molecule has 4 heterocycles. The summed E-state index contributed by atoms with van der Waals surface area (Å²) in [5, 5.41) is 2.90. The van der Waals surface area contributed by atoms with Crippen molar-refractivity contribution in [2.24, 2.45) is 22.7 Å². The lowest BCUT2D eigenvalue weighted by molar-refractivity contribution is -0.128. The number of rotatable bonds is 7.